The molecule has 1 rings (SSSR count). The van der Waals surface area contributed by atoms with E-state index in [4.69, 9.17) is 15.9 Å². The van der Waals surface area contributed by atoms with Gasteiger partial charge in [-0.25, -0.2) is 0 Å². The molecule has 1 aromatic rings. The Kier molecular flexibility index (Phi) is 2.68. The predicted molar refractivity (Wildman–Crippen MR) is 44.1 cm³/mol. The normalized spacial score (nSPS) is 13.4. The quantitative estimate of drug-likeness (QED) is 0.676. The second-order valence-electron chi connectivity index (χ2n) is 2.50. The summed E-state index contributed by atoms with van der Waals surface area (Å²) in [5.41, 5.74) is 11.0. The van der Waals surface area contributed by atoms with Crippen LogP contribution in [0.1, 0.15) is 24.5 Å². The van der Waals surface area contributed by atoms with Gasteiger partial charge in [-0.15, -0.1) is 0 Å². The summed E-state index contributed by atoms with van der Waals surface area (Å²) in [5, 5.41) is 0. The maximum absolute atomic E-state index is 5.64. The Morgan fingerprint density at radius 3 is 2.73 bits per heavy atom. The molecule has 0 aromatic carbocycles. The van der Waals surface area contributed by atoms with Gasteiger partial charge in [0.15, 0.2) is 0 Å². The third kappa shape index (κ3) is 1.82. The Balaban J connectivity index is 2.71. The summed E-state index contributed by atoms with van der Waals surface area (Å²) >= 11 is 0. The molecule has 0 unspecified atom stereocenters. The van der Waals surface area contributed by atoms with Gasteiger partial charge in [0.2, 0.25) is 0 Å². The van der Waals surface area contributed by atoms with E-state index in [9.17, 15) is 0 Å². The molecule has 0 bridgehead atoms. The van der Waals surface area contributed by atoms with Crippen molar-refractivity contribution in [3.8, 4) is 0 Å². The van der Waals surface area contributed by atoms with Crippen LogP contribution in [0, 0.1) is 0 Å². The van der Waals surface area contributed by atoms with E-state index < -0.39 is 0 Å². The van der Waals surface area contributed by atoms with Gasteiger partial charge < -0.3 is 15.9 Å². The molecular formula is C8H14N2O. The maximum Gasteiger partial charge on any atom is 0.122 e. The van der Waals surface area contributed by atoms with Gasteiger partial charge in [0.05, 0.1) is 6.04 Å². The second-order valence-corrected chi connectivity index (χ2v) is 2.50. The van der Waals surface area contributed by atoms with Crippen molar-refractivity contribution >= 4 is 0 Å². The lowest BCUT2D eigenvalue weighted by atomic mass is 10.2. The molecule has 4 N–H and O–H groups in total. The van der Waals surface area contributed by atoms with E-state index >= 15 is 0 Å². The molecule has 1 heterocycles. The fourth-order valence-electron chi connectivity index (χ4n) is 0.900. The van der Waals surface area contributed by atoms with E-state index in [1.165, 1.54) is 0 Å². The summed E-state index contributed by atoms with van der Waals surface area (Å²) < 4.78 is 5.38. The molecule has 0 spiro atoms. The number of furan rings is 1. The van der Waals surface area contributed by atoms with Gasteiger partial charge >= 0.3 is 0 Å². The Hall–Kier alpha value is -0.800. The van der Waals surface area contributed by atoms with Crippen molar-refractivity contribution in [2.24, 2.45) is 11.5 Å². The van der Waals surface area contributed by atoms with Gasteiger partial charge in [0.25, 0.3) is 0 Å². The number of hydrogen-bond acceptors (Lipinski definition) is 3. The maximum atomic E-state index is 5.64. The number of aryl methyl sites for hydroxylation is 1. The van der Waals surface area contributed by atoms with Gasteiger partial charge in [-0.2, -0.15) is 0 Å². The first-order valence-electron chi connectivity index (χ1n) is 3.82. The summed E-state index contributed by atoms with van der Waals surface area (Å²) in [7, 11) is 0. The van der Waals surface area contributed by atoms with Crippen LogP contribution in [0.15, 0.2) is 16.5 Å². The van der Waals surface area contributed by atoms with E-state index in [0.717, 1.165) is 17.9 Å². The molecule has 11 heavy (non-hydrogen) atoms. The van der Waals surface area contributed by atoms with Gasteiger partial charge in [0, 0.05) is 13.0 Å². The SMILES string of the molecule is CCc1ccc([C@@H](N)CN)o1. The Morgan fingerprint density at radius 1 is 1.55 bits per heavy atom. The molecule has 0 amide bonds. The Bertz CT molecular complexity index is 220. The van der Waals surface area contributed by atoms with Gasteiger partial charge in [0.1, 0.15) is 11.5 Å². The molecule has 0 saturated carbocycles. The van der Waals surface area contributed by atoms with E-state index in [-0.39, 0.29) is 6.04 Å². The first-order chi connectivity index (χ1) is 5.27. The van der Waals surface area contributed by atoms with Crippen molar-refractivity contribution in [3.05, 3.63) is 23.7 Å². The van der Waals surface area contributed by atoms with Crippen molar-refractivity contribution in [3.63, 3.8) is 0 Å². The molecule has 1 aromatic heterocycles. The minimum atomic E-state index is -0.157. The molecular weight excluding hydrogens is 140 g/mol. The van der Waals surface area contributed by atoms with Crippen LogP contribution in [0.5, 0.6) is 0 Å². The van der Waals surface area contributed by atoms with E-state index in [1.54, 1.807) is 0 Å². The topological polar surface area (TPSA) is 65.2 Å². The minimum Gasteiger partial charge on any atom is -0.464 e. The lowest BCUT2D eigenvalue weighted by Gasteiger charge is -2.02. The summed E-state index contributed by atoms with van der Waals surface area (Å²) in [5.74, 6) is 1.74. The zero-order valence-corrected chi connectivity index (χ0v) is 6.71. The highest BCUT2D eigenvalue weighted by Crippen LogP contribution is 2.13. The summed E-state index contributed by atoms with van der Waals surface area (Å²) in [6, 6.07) is 3.66. The Labute approximate surface area is 66.4 Å². The van der Waals surface area contributed by atoms with E-state index in [2.05, 4.69) is 0 Å². The Morgan fingerprint density at radius 2 is 2.27 bits per heavy atom. The minimum absolute atomic E-state index is 0.157. The average molecular weight is 154 g/mol. The molecule has 62 valence electrons. The van der Waals surface area contributed by atoms with Crippen LogP contribution in [0.3, 0.4) is 0 Å². The van der Waals surface area contributed by atoms with Gasteiger partial charge in [-0.3, -0.25) is 0 Å². The van der Waals surface area contributed by atoms with Crippen molar-refractivity contribution < 1.29 is 4.42 Å². The van der Waals surface area contributed by atoms with Crippen LogP contribution in [0.4, 0.5) is 0 Å². The molecule has 0 aliphatic carbocycles. The zero-order valence-electron chi connectivity index (χ0n) is 6.71. The molecule has 0 saturated heterocycles. The number of hydrogen-bond donors (Lipinski definition) is 2. The highest BCUT2D eigenvalue weighted by atomic mass is 16.3. The molecule has 0 radical (unpaired) electrons. The standard InChI is InChI=1S/C8H14N2O/c1-2-6-3-4-8(11-6)7(10)5-9/h3-4,7H,2,5,9-10H2,1H3/t7-/m0/s1. The molecule has 0 aliphatic heterocycles. The van der Waals surface area contributed by atoms with E-state index in [0.29, 0.717) is 6.54 Å². The second kappa shape index (κ2) is 3.55. The highest BCUT2D eigenvalue weighted by Gasteiger charge is 2.07. The van der Waals surface area contributed by atoms with Crippen molar-refractivity contribution in [1.82, 2.24) is 0 Å². The summed E-state index contributed by atoms with van der Waals surface area (Å²) in [6.07, 6.45) is 0.900. The van der Waals surface area contributed by atoms with Crippen molar-refractivity contribution in [2.45, 2.75) is 19.4 Å². The van der Waals surface area contributed by atoms with Crippen LogP contribution in [-0.2, 0) is 6.42 Å². The third-order valence-electron chi connectivity index (χ3n) is 1.65. The first-order valence-corrected chi connectivity index (χ1v) is 3.82. The van der Waals surface area contributed by atoms with Crippen molar-refractivity contribution in [1.29, 1.82) is 0 Å². The third-order valence-corrected chi connectivity index (χ3v) is 1.65. The average Bonchev–Trinajstić information content (AvgIpc) is 2.50. The molecule has 0 aliphatic rings. The van der Waals surface area contributed by atoms with Crippen LogP contribution in [0.25, 0.3) is 0 Å². The van der Waals surface area contributed by atoms with Crippen LogP contribution < -0.4 is 11.5 Å². The first kappa shape index (κ1) is 8.30. The van der Waals surface area contributed by atoms with Gasteiger partial charge in [-0.05, 0) is 12.1 Å². The molecule has 1 atom stereocenters. The van der Waals surface area contributed by atoms with Crippen molar-refractivity contribution in [2.75, 3.05) is 6.54 Å². The van der Waals surface area contributed by atoms with Crippen LogP contribution in [-0.4, -0.2) is 6.54 Å². The largest absolute Gasteiger partial charge is 0.464 e. The fraction of sp³-hybridized carbons (Fsp3) is 0.500. The monoisotopic (exact) mass is 154 g/mol. The predicted octanol–water partition coefficient (Wildman–Crippen LogP) is 0.800. The van der Waals surface area contributed by atoms with Crippen LogP contribution >= 0.6 is 0 Å². The van der Waals surface area contributed by atoms with E-state index in [1.807, 2.05) is 19.1 Å². The number of nitrogens with two attached hydrogens (primary N) is 2. The van der Waals surface area contributed by atoms with Gasteiger partial charge in [-0.1, -0.05) is 6.92 Å². The smallest absolute Gasteiger partial charge is 0.122 e. The molecule has 0 fully saturated rings. The summed E-state index contributed by atoms with van der Waals surface area (Å²) in [4.78, 5) is 0. The fourth-order valence-corrected chi connectivity index (χ4v) is 0.900. The van der Waals surface area contributed by atoms with Crippen LogP contribution in [0.2, 0.25) is 0 Å². The highest BCUT2D eigenvalue weighted by molar-refractivity contribution is 5.10. The number of rotatable bonds is 3. The molecule has 3 heteroatoms. The summed E-state index contributed by atoms with van der Waals surface area (Å²) in [6.45, 7) is 2.47. The lowest BCUT2D eigenvalue weighted by molar-refractivity contribution is 0.438. The zero-order chi connectivity index (χ0) is 8.27. The molecule has 3 nitrogen and oxygen atoms in total. The lowest BCUT2D eigenvalue weighted by Crippen LogP contribution is -2.19.